The second kappa shape index (κ2) is 5.67. The summed E-state index contributed by atoms with van der Waals surface area (Å²) in [6, 6.07) is 0. The molecular weight excluding hydrogens is 202 g/mol. The normalized spacial score (nSPS) is 30.1. The SMILES string of the molecule is NCC1CCCC1C(=O)OCCC1CCC1. The molecule has 0 spiro atoms. The van der Waals surface area contributed by atoms with Gasteiger partial charge in [0.05, 0.1) is 12.5 Å². The van der Waals surface area contributed by atoms with Crippen LogP contribution in [0.25, 0.3) is 0 Å². The maximum absolute atomic E-state index is 11.8. The Balaban J connectivity index is 1.66. The maximum Gasteiger partial charge on any atom is 0.309 e. The predicted molar refractivity (Wildman–Crippen MR) is 62.8 cm³/mol. The number of nitrogens with two attached hydrogens (primary N) is 1. The Labute approximate surface area is 97.7 Å². The van der Waals surface area contributed by atoms with Crippen molar-refractivity contribution in [2.45, 2.75) is 44.9 Å². The molecule has 2 atom stereocenters. The van der Waals surface area contributed by atoms with Crippen LogP contribution in [0.2, 0.25) is 0 Å². The van der Waals surface area contributed by atoms with Crippen molar-refractivity contribution >= 4 is 5.97 Å². The number of carbonyl (C=O) groups is 1. The highest BCUT2D eigenvalue weighted by molar-refractivity contribution is 5.73. The van der Waals surface area contributed by atoms with E-state index < -0.39 is 0 Å². The van der Waals surface area contributed by atoms with E-state index in [0.717, 1.165) is 31.6 Å². The van der Waals surface area contributed by atoms with E-state index in [1.165, 1.54) is 19.3 Å². The lowest BCUT2D eigenvalue weighted by Crippen LogP contribution is -2.27. The van der Waals surface area contributed by atoms with Crippen molar-refractivity contribution in [3.63, 3.8) is 0 Å². The second-order valence-electron chi connectivity index (χ2n) is 5.29. The highest BCUT2D eigenvalue weighted by Gasteiger charge is 2.33. The van der Waals surface area contributed by atoms with Gasteiger partial charge in [-0.05, 0) is 37.6 Å². The standard InChI is InChI=1S/C13H23NO2/c14-9-11-5-2-6-12(11)13(15)16-8-7-10-3-1-4-10/h10-12H,1-9,14H2. The molecule has 2 fully saturated rings. The lowest BCUT2D eigenvalue weighted by molar-refractivity contribution is -0.150. The minimum atomic E-state index is 0.00673. The van der Waals surface area contributed by atoms with Gasteiger partial charge in [-0.15, -0.1) is 0 Å². The average molecular weight is 225 g/mol. The van der Waals surface area contributed by atoms with Crippen LogP contribution >= 0.6 is 0 Å². The molecule has 0 saturated heterocycles. The van der Waals surface area contributed by atoms with E-state index in [1.807, 2.05) is 0 Å². The van der Waals surface area contributed by atoms with Gasteiger partial charge in [0.25, 0.3) is 0 Å². The molecule has 0 amide bonds. The van der Waals surface area contributed by atoms with Crippen LogP contribution in [-0.2, 0) is 9.53 Å². The molecule has 0 aromatic carbocycles. The van der Waals surface area contributed by atoms with E-state index in [-0.39, 0.29) is 11.9 Å². The van der Waals surface area contributed by atoms with Gasteiger partial charge in [0, 0.05) is 0 Å². The fraction of sp³-hybridized carbons (Fsp3) is 0.923. The first kappa shape index (κ1) is 11.9. The second-order valence-corrected chi connectivity index (χ2v) is 5.29. The van der Waals surface area contributed by atoms with E-state index in [9.17, 15) is 4.79 Å². The molecule has 0 aliphatic heterocycles. The quantitative estimate of drug-likeness (QED) is 0.729. The zero-order valence-electron chi connectivity index (χ0n) is 9.99. The van der Waals surface area contributed by atoms with E-state index >= 15 is 0 Å². The molecule has 2 aliphatic rings. The van der Waals surface area contributed by atoms with E-state index in [1.54, 1.807) is 0 Å². The lowest BCUT2D eigenvalue weighted by Gasteiger charge is -2.25. The summed E-state index contributed by atoms with van der Waals surface area (Å²) < 4.78 is 5.37. The predicted octanol–water partition coefficient (Wildman–Crippen LogP) is 2.09. The molecule has 0 radical (unpaired) electrons. The molecule has 2 rings (SSSR count). The van der Waals surface area contributed by atoms with Crippen LogP contribution in [-0.4, -0.2) is 19.1 Å². The fourth-order valence-corrected chi connectivity index (χ4v) is 2.84. The highest BCUT2D eigenvalue weighted by Crippen LogP contribution is 2.32. The van der Waals surface area contributed by atoms with Gasteiger partial charge in [-0.25, -0.2) is 0 Å². The number of carbonyl (C=O) groups excluding carboxylic acids is 1. The third kappa shape index (κ3) is 2.76. The molecule has 3 nitrogen and oxygen atoms in total. The van der Waals surface area contributed by atoms with Gasteiger partial charge in [0.15, 0.2) is 0 Å². The van der Waals surface area contributed by atoms with Crippen molar-refractivity contribution in [2.24, 2.45) is 23.5 Å². The van der Waals surface area contributed by atoms with Crippen LogP contribution in [0.1, 0.15) is 44.9 Å². The molecule has 0 aromatic heterocycles. The Hall–Kier alpha value is -0.570. The summed E-state index contributed by atoms with van der Waals surface area (Å²) in [5.41, 5.74) is 5.66. The number of rotatable bonds is 5. The molecule has 2 aliphatic carbocycles. The van der Waals surface area contributed by atoms with Crippen molar-refractivity contribution < 1.29 is 9.53 Å². The first-order valence-electron chi connectivity index (χ1n) is 6.68. The van der Waals surface area contributed by atoms with Crippen LogP contribution in [0.5, 0.6) is 0 Å². The summed E-state index contributed by atoms with van der Waals surface area (Å²) in [6.45, 7) is 1.25. The third-order valence-electron chi connectivity index (χ3n) is 4.26. The monoisotopic (exact) mass is 225 g/mol. The molecule has 2 unspecified atom stereocenters. The summed E-state index contributed by atoms with van der Waals surface area (Å²) in [5, 5.41) is 0. The van der Waals surface area contributed by atoms with Crippen molar-refractivity contribution in [1.29, 1.82) is 0 Å². The third-order valence-corrected chi connectivity index (χ3v) is 4.26. The summed E-state index contributed by atoms with van der Waals surface area (Å²) >= 11 is 0. The van der Waals surface area contributed by atoms with Gasteiger partial charge >= 0.3 is 5.97 Å². The number of esters is 1. The van der Waals surface area contributed by atoms with Crippen LogP contribution in [0.4, 0.5) is 0 Å². The summed E-state index contributed by atoms with van der Waals surface area (Å²) in [7, 11) is 0. The molecule has 2 N–H and O–H groups in total. The van der Waals surface area contributed by atoms with Crippen LogP contribution in [0, 0.1) is 17.8 Å². The van der Waals surface area contributed by atoms with Gasteiger partial charge in [-0.2, -0.15) is 0 Å². The Bertz CT molecular complexity index is 238. The number of ether oxygens (including phenoxy) is 1. The van der Waals surface area contributed by atoms with Gasteiger partial charge in [0.1, 0.15) is 0 Å². The molecule has 0 heterocycles. The van der Waals surface area contributed by atoms with E-state index in [4.69, 9.17) is 10.5 Å². The minimum Gasteiger partial charge on any atom is -0.465 e. The van der Waals surface area contributed by atoms with Crippen LogP contribution < -0.4 is 5.73 Å². The molecule has 3 heteroatoms. The average Bonchev–Trinajstić information content (AvgIpc) is 2.69. The molecule has 92 valence electrons. The Kier molecular flexibility index (Phi) is 4.22. The van der Waals surface area contributed by atoms with Crippen molar-refractivity contribution in [1.82, 2.24) is 0 Å². The highest BCUT2D eigenvalue weighted by atomic mass is 16.5. The Morgan fingerprint density at radius 3 is 2.56 bits per heavy atom. The smallest absolute Gasteiger partial charge is 0.309 e. The molecule has 2 saturated carbocycles. The zero-order chi connectivity index (χ0) is 11.4. The Morgan fingerprint density at radius 2 is 1.94 bits per heavy atom. The molecule has 0 bridgehead atoms. The lowest BCUT2D eigenvalue weighted by atomic mass is 9.83. The van der Waals surface area contributed by atoms with Crippen molar-refractivity contribution in [2.75, 3.05) is 13.2 Å². The first-order valence-corrected chi connectivity index (χ1v) is 6.68. The van der Waals surface area contributed by atoms with Crippen molar-refractivity contribution in [3.8, 4) is 0 Å². The number of hydrogen-bond donors (Lipinski definition) is 1. The van der Waals surface area contributed by atoms with E-state index in [0.29, 0.717) is 19.1 Å². The van der Waals surface area contributed by atoms with Gasteiger partial charge < -0.3 is 10.5 Å². The van der Waals surface area contributed by atoms with E-state index in [2.05, 4.69) is 0 Å². The van der Waals surface area contributed by atoms with Crippen molar-refractivity contribution in [3.05, 3.63) is 0 Å². The molecule has 16 heavy (non-hydrogen) atoms. The van der Waals surface area contributed by atoms with Gasteiger partial charge in [-0.1, -0.05) is 25.7 Å². The maximum atomic E-state index is 11.8. The van der Waals surface area contributed by atoms with Crippen LogP contribution in [0.3, 0.4) is 0 Å². The molecule has 0 aromatic rings. The van der Waals surface area contributed by atoms with Gasteiger partial charge in [-0.3, -0.25) is 4.79 Å². The summed E-state index contributed by atoms with van der Waals surface area (Å²) in [6.07, 6.45) is 8.27. The number of hydrogen-bond acceptors (Lipinski definition) is 3. The van der Waals surface area contributed by atoms with Crippen LogP contribution in [0.15, 0.2) is 0 Å². The van der Waals surface area contributed by atoms with Gasteiger partial charge in [0.2, 0.25) is 0 Å². The summed E-state index contributed by atoms with van der Waals surface area (Å²) in [4.78, 5) is 11.8. The first-order chi connectivity index (χ1) is 7.81. The Morgan fingerprint density at radius 1 is 1.19 bits per heavy atom. The fourth-order valence-electron chi connectivity index (χ4n) is 2.84. The summed E-state index contributed by atoms with van der Waals surface area (Å²) in [5.74, 6) is 1.29. The molecular formula is C13H23NO2. The zero-order valence-corrected chi connectivity index (χ0v) is 9.99. The largest absolute Gasteiger partial charge is 0.465 e. The topological polar surface area (TPSA) is 52.3 Å². The minimum absolute atomic E-state index is 0.00673.